The van der Waals surface area contributed by atoms with E-state index in [0.29, 0.717) is 18.9 Å². The van der Waals surface area contributed by atoms with Gasteiger partial charge in [-0.2, -0.15) is 0 Å². The maximum Gasteiger partial charge on any atom is 0.320 e. The zero-order valence-electron chi connectivity index (χ0n) is 11.8. The Morgan fingerprint density at radius 2 is 2.05 bits per heavy atom. The van der Waals surface area contributed by atoms with Crippen LogP contribution < -0.4 is 10.2 Å². The molecule has 19 heavy (non-hydrogen) atoms. The number of carbonyl (C=O) groups is 1. The third-order valence-corrected chi connectivity index (χ3v) is 2.79. The van der Waals surface area contributed by atoms with E-state index in [4.69, 9.17) is 5.11 Å². The lowest BCUT2D eigenvalue weighted by Gasteiger charge is -2.14. The first-order chi connectivity index (χ1) is 9.04. The summed E-state index contributed by atoms with van der Waals surface area (Å²) in [6, 6.07) is -0.506. The lowest BCUT2D eigenvalue weighted by atomic mass is 10.1. The van der Waals surface area contributed by atoms with Gasteiger partial charge in [0, 0.05) is 38.6 Å². The van der Waals surface area contributed by atoms with Gasteiger partial charge in [0.05, 0.1) is 0 Å². The maximum atomic E-state index is 11.1. The number of carboxylic acid groups (broad SMARTS) is 1. The Hall–Kier alpha value is -1.69. The molecular formula is C13H22N4O2. The van der Waals surface area contributed by atoms with E-state index in [0.717, 1.165) is 18.4 Å². The zero-order chi connectivity index (χ0) is 14.3. The normalized spacial score (nSPS) is 12.2. The summed E-state index contributed by atoms with van der Waals surface area (Å²) in [5.41, 5.74) is 0.883. The topological polar surface area (TPSA) is 78.4 Å². The second kappa shape index (κ2) is 7.68. The van der Waals surface area contributed by atoms with Crippen molar-refractivity contribution in [2.45, 2.75) is 38.8 Å². The Bertz CT molecular complexity index is 392. The van der Waals surface area contributed by atoms with Gasteiger partial charge in [-0.3, -0.25) is 4.79 Å². The number of nitrogens with one attached hydrogen (secondary N) is 1. The first-order valence-electron chi connectivity index (χ1n) is 6.49. The molecule has 0 aromatic carbocycles. The van der Waals surface area contributed by atoms with Crippen LogP contribution in [0.3, 0.4) is 0 Å². The highest BCUT2D eigenvalue weighted by Gasteiger charge is 2.15. The number of carboxylic acids is 1. The highest BCUT2D eigenvalue weighted by Crippen LogP contribution is 2.05. The van der Waals surface area contributed by atoms with Gasteiger partial charge in [-0.25, -0.2) is 9.97 Å². The third kappa shape index (κ3) is 5.21. The van der Waals surface area contributed by atoms with Crippen LogP contribution in [0.15, 0.2) is 12.4 Å². The summed E-state index contributed by atoms with van der Waals surface area (Å²) >= 11 is 0. The summed E-state index contributed by atoms with van der Waals surface area (Å²) in [6.07, 6.45) is 5.97. The van der Waals surface area contributed by atoms with Gasteiger partial charge < -0.3 is 15.3 Å². The van der Waals surface area contributed by atoms with Crippen molar-refractivity contribution in [1.82, 2.24) is 15.3 Å². The molecule has 0 spiro atoms. The molecule has 0 aliphatic heterocycles. The third-order valence-electron chi connectivity index (χ3n) is 2.79. The number of hydrogen-bond acceptors (Lipinski definition) is 5. The molecule has 0 aliphatic carbocycles. The first kappa shape index (κ1) is 15.4. The van der Waals surface area contributed by atoms with E-state index < -0.39 is 12.0 Å². The second-order valence-corrected chi connectivity index (χ2v) is 4.70. The summed E-state index contributed by atoms with van der Waals surface area (Å²) in [6.45, 7) is 2.51. The Morgan fingerprint density at radius 1 is 1.42 bits per heavy atom. The predicted molar refractivity (Wildman–Crippen MR) is 74.1 cm³/mol. The van der Waals surface area contributed by atoms with Crippen LogP contribution in [0.2, 0.25) is 0 Å². The Balaban J connectivity index is 2.51. The smallest absolute Gasteiger partial charge is 0.320 e. The van der Waals surface area contributed by atoms with E-state index >= 15 is 0 Å². The van der Waals surface area contributed by atoms with Crippen LogP contribution in [0.1, 0.15) is 31.7 Å². The lowest BCUT2D eigenvalue weighted by molar-refractivity contribution is -0.139. The predicted octanol–water partition coefficient (Wildman–Crippen LogP) is 1.28. The van der Waals surface area contributed by atoms with Crippen LogP contribution in [0.5, 0.6) is 0 Å². The van der Waals surface area contributed by atoms with Gasteiger partial charge in [0.2, 0.25) is 5.95 Å². The van der Waals surface area contributed by atoms with Crippen molar-refractivity contribution in [2.24, 2.45) is 0 Å². The molecule has 0 bridgehead atoms. The molecule has 1 aromatic rings. The molecule has 6 heteroatoms. The monoisotopic (exact) mass is 266 g/mol. The van der Waals surface area contributed by atoms with E-state index in [1.54, 1.807) is 12.4 Å². The Labute approximate surface area is 113 Å². The number of aliphatic carboxylic acids is 1. The van der Waals surface area contributed by atoms with Crippen LogP contribution in [0.25, 0.3) is 0 Å². The van der Waals surface area contributed by atoms with E-state index in [-0.39, 0.29) is 0 Å². The standard InChI is InChI=1S/C13H22N4O2/c1-4-5-6-11(12(18)19)14-7-10-8-15-13(16-9-10)17(2)3/h8-9,11,14H,4-7H2,1-3H3,(H,18,19)/t11-/m0/s1. The maximum absolute atomic E-state index is 11.1. The van der Waals surface area contributed by atoms with Crippen molar-refractivity contribution in [2.75, 3.05) is 19.0 Å². The SMILES string of the molecule is CCCC[C@H](NCc1cnc(N(C)C)nc1)C(=O)O. The Kier molecular flexibility index (Phi) is 6.21. The number of rotatable bonds is 8. The fourth-order valence-electron chi connectivity index (χ4n) is 1.63. The number of nitrogens with zero attached hydrogens (tertiary/aromatic N) is 3. The molecule has 1 rings (SSSR count). The second-order valence-electron chi connectivity index (χ2n) is 4.70. The van der Waals surface area contributed by atoms with Crippen molar-refractivity contribution >= 4 is 11.9 Å². The molecular weight excluding hydrogens is 244 g/mol. The summed E-state index contributed by atoms with van der Waals surface area (Å²) in [7, 11) is 3.75. The van der Waals surface area contributed by atoms with Crippen molar-refractivity contribution < 1.29 is 9.90 Å². The molecule has 0 unspecified atom stereocenters. The van der Waals surface area contributed by atoms with E-state index in [2.05, 4.69) is 15.3 Å². The number of hydrogen-bond donors (Lipinski definition) is 2. The molecule has 2 N–H and O–H groups in total. The molecule has 1 heterocycles. The van der Waals surface area contributed by atoms with Gasteiger partial charge in [0.25, 0.3) is 0 Å². The lowest BCUT2D eigenvalue weighted by Crippen LogP contribution is -2.36. The number of aromatic nitrogens is 2. The van der Waals surface area contributed by atoms with Gasteiger partial charge in [-0.05, 0) is 6.42 Å². The van der Waals surface area contributed by atoms with Crippen molar-refractivity contribution in [3.05, 3.63) is 18.0 Å². The molecule has 0 saturated carbocycles. The van der Waals surface area contributed by atoms with E-state index in [1.807, 2.05) is 25.9 Å². The Morgan fingerprint density at radius 3 is 2.53 bits per heavy atom. The van der Waals surface area contributed by atoms with Crippen molar-refractivity contribution in [3.8, 4) is 0 Å². The molecule has 106 valence electrons. The highest BCUT2D eigenvalue weighted by atomic mass is 16.4. The quantitative estimate of drug-likeness (QED) is 0.738. The molecule has 0 fully saturated rings. The van der Waals surface area contributed by atoms with Gasteiger partial charge >= 0.3 is 5.97 Å². The minimum atomic E-state index is -0.806. The van der Waals surface area contributed by atoms with Gasteiger partial charge in [-0.1, -0.05) is 19.8 Å². The van der Waals surface area contributed by atoms with Gasteiger partial charge in [0.1, 0.15) is 6.04 Å². The summed E-state index contributed by atoms with van der Waals surface area (Å²) in [5.74, 6) is -0.163. The van der Waals surface area contributed by atoms with E-state index in [1.165, 1.54) is 0 Å². The summed E-state index contributed by atoms with van der Waals surface area (Å²) in [4.78, 5) is 21.3. The van der Waals surface area contributed by atoms with Crippen LogP contribution in [-0.2, 0) is 11.3 Å². The van der Waals surface area contributed by atoms with Crippen LogP contribution in [0.4, 0.5) is 5.95 Å². The molecule has 0 radical (unpaired) electrons. The number of anilines is 1. The first-order valence-corrected chi connectivity index (χ1v) is 6.49. The number of unbranched alkanes of at least 4 members (excludes halogenated alkanes) is 1. The molecule has 1 aromatic heterocycles. The van der Waals surface area contributed by atoms with Crippen molar-refractivity contribution in [3.63, 3.8) is 0 Å². The summed E-state index contributed by atoms with van der Waals surface area (Å²) in [5, 5.41) is 12.1. The molecule has 6 nitrogen and oxygen atoms in total. The highest BCUT2D eigenvalue weighted by molar-refractivity contribution is 5.73. The average molecular weight is 266 g/mol. The van der Waals surface area contributed by atoms with Crippen LogP contribution in [-0.4, -0.2) is 41.2 Å². The van der Waals surface area contributed by atoms with Gasteiger partial charge in [0.15, 0.2) is 0 Å². The molecule has 0 aliphatic rings. The van der Waals surface area contributed by atoms with Crippen LogP contribution in [0, 0.1) is 0 Å². The largest absolute Gasteiger partial charge is 0.480 e. The average Bonchev–Trinajstić information content (AvgIpc) is 2.39. The fourth-order valence-corrected chi connectivity index (χ4v) is 1.63. The minimum absolute atomic E-state index is 0.467. The molecule has 1 atom stereocenters. The molecule has 0 amide bonds. The summed E-state index contributed by atoms with van der Waals surface area (Å²) < 4.78 is 0. The van der Waals surface area contributed by atoms with Crippen molar-refractivity contribution in [1.29, 1.82) is 0 Å². The van der Waals surface area contributed by atoms with Gasteiger partial charge in [-0.15, -0.1) is 0 Å². The zero-order valence-corrected chi connectivity index (χ0v) is 11.8. The molecule has 0 saturated heterocycles. The van der Waals surface area contributed by atoms with E-state index in [9.17, 15) is 4.79 Å². The van der Waals surface area contributed by atoms with Crippen LogP contribution >= 0.6 is 0 Å². The minimum Gasteiger partial charge on any atom is -0.480 e. The fraction of sp³-hybridized carbons (Fsp3) is 0.615.